The molecule has 1 atom stereocenters. The van der Waals surface area contributed by atoms with E-state index < -0.39 is 17.9 Å². The van der Waals surface area contributed by atoms with Gasteiger partial charge in [0.15, 0.2) is 0 Å². The van der Waals surface area contributed by atoms with Crippen LogP contribution in [0.15, 0.2) is 12.2 Å². The van der Waals surface area contributed by atoms with Gasteiger partial charge in [0, 0.05) is 5.57 Å². The van der Waals surface area contributed by atoms with Crippen molar-refractivity contribution in [2.24, 2.45) is 5.92 Å². The van der Waals surface area contributed by atoms with Crippen LogP contribution in [0.5, 0.6) is 0 Å². The number of carboxylic acids is 1. The van der Waals surface area contributed by atoms with E-state index >= 15 is 0 Å². The van der Waals surface area contributed by atoms with Crippen LogP contribution in [0.2, 0.25) is 0 Å². The molecule has 1 aliphatic carbocycles. The third-order valence-corrected chi connectivity index (χ3v) is 2.74. The van der Waals surface area contributed by atoms with E-state index in [-0.39, 0.29) is 11.7 Å². The van der Waals surface area contributed by atoms with Crippen LogP contribution in [0.4, 0.5) is 0 Å². The van der Waals surface area contributed by atoms with Crippen LogP contribution in [0.3, 0.4) is 0 Å². The number of ether oxygens (including phenoxy) is 1. The van der Waals surface area contributed by atoms with E-state index in [1.165, 1.54) is 6.92 Å². The molecule has 0 aromatic rings. The van der Waals surface area contributed by atoms with Crippen molar-refractivity contribution in [1.82, 2.24) is 0 Å². The Kier molecular flexibility index (Phi) is 3.88. The molecule has 0 bridgehead atoms. The number of carbonyl (C=O) groups excluding carboxylic acids is 1. The normalized spacial score (nSPS) is 18.5. The molecule has 4 heteroatoms. The fourth-order valence-electron chi connectivity index (χ4n) is 1.60. The smallest absolute Gasteiger partial charge is 0.331 e. The first kappa shape index (κ1) is 11.8. The van der Waals surface area contributed by atoms with E-state index in [0.717, 1.165) is 25.7 Å². The first-order valence-electron chi connectivity index (χ1n) is 5.15. The maximum Gasteiger partial charge on any atom is 0.331 e. The van der Waals surface area contributed by atoms with E-state index in [1.807, 2.05) is 0 Å². The van der Waals surface area contributed by atoms with E-state index in [1.54, 1.807) is 0 Å². The zero-order chi connectivity index (χ0) is 11.4. The second-order valence-corrected chi connectivity index (χ2v) is 3.90. The molecule has 0 spiro atoms. The zero-order valence-corrected chi connectivity index (χ0v) is 8.86. The summed E-state index contributed by atoms with van der Waals surface area (Å²) in [4.78, 5) is 22.1. The molecule has 0 radical (unpaired) electrons. The lowest BCUT2D eigenvalue weighted by Gasteiger charge is -2.15. The summed E-state index contributed by atoms with van der Waals surface area (Å²) in [6, 6.07) is 0. The summed E-state index contributed by atoms with van der Waals surface area (Å²) in [5.74, 6) is -2.39. The number of rotatable bonds is 4. The zero-order valence-electron chi connectivity index (χ0n) is 8.86. The van der Waals surface area contributed by atoms with Gasteiger partial charge >= 0.3 is 11.9 Å². The summed E-state index contributed by atoms with van der Waals surface area (Å²) >= 11 is 0. The average Bonchev–Trinajstić information content (AvgIpc) is 2.67. The highest BCUT2D eigenvalue weighted by Gasteiger charge is 2.26. The lowest BCUT2D eigenvalue weighted by atomic mass is 10.0. The third-order valence-electron chi connectivity index (χ3n) is 2.74. The van der Waals surface area contributed by atoms with Crippen LogP contribution in [0.25, 0.3) is 0 Å². The Bertz CT molecular complexity index is 276. The van der Waals surface area contributed by atoms with Crippen molar-refractivity contribution >= 4 is 11.9 Å². The van der Waals surface area contributed by atoms with Gasteiger partial charge in [-0.15, -0.1) is 0 Å². The van der Waals surface area contributed by atoms with E-state index in [2.05, 4.69) is 6.58 Å². The van der Waals surface area contributed by atoms with Gasteiger partial charge in [0.1, 0.15) is 6.10 Å². The van der Waals surface area contributed by atoms with Gasteiger partial charge in [-0.25, -0.2) is 4.79 Å². The SMILES string of the molecule is C=C(C(=O)O)C(C)C(=O)OC1CCCC1. The number of hydrogen-bond donors (Lipinski definition) is 1. The summed E-state index contributed by atoms with van der Waals surface area (Å²) in [6.07, 6.45) is 3.90. The molecule has 0 saturated heterocycles. The molecular weight excluding hydrogens is 196 g/mol. The van der Waals surface area contributed by atoms with Crippen molar-refractivity contribution in [3.63, 3.8) is 0 Å². The molecule has 0 aliphatic heterocycles. The maximum atomic E-state index is 11.5. The summed E-state index contributed by atoms with van der Waals surface area (Å²) in [6.45, 7) is 4.86. The molecule has 1 aliphatic rings. The highest BCUT2D eigenvalue weighted by Crippen LogP contribution is 2.23. The molecule has 0 aromatic heterocycles. The summed E-state index contributed by atoms with van der Waals surface area (Å²) in [5, 5.41) is 8.65. The van der Waals surface area contributed by atoms with Gasteiger partial charge in [0.25, 0.3) is 0 Å². The Labute approximate surface area is 88.9 Å². The largest absolute Gasteiger partial charge is 0.478 e. The minimum atomic E-state index is -1.15. The molecule has 1 fully saturated rings. The van der Waals surface area contributed by atoms with E-state index in [4.69, 9.17) is 9.84 Å². The third kappa shape index (κ3) is 3.08. The molecule has 1 saturated carbocycles. The maximum absolute atomic E-state index is 11.5. The van der Waals surface area contributed by atoms with Crippen LogP contribution in [0, 0.1) is 5.92 Å². The summed E-state index contributed by atoms with van der Waals surface area (Å²) in [5.41, 5.74) is -0.113. The molecular formula is C11H16O4. The van der Waals surface area contributed by atoms with Crippen molar-refractivity contribution in [2.75, 3.05) is 0 Å². The van der Waals surface area contributed by atoms with Crippen LogP contribution >= 0.6 is 0 Å². The number of hydrogen-bond acceptors (Lipinski definition) is 3. The van der Waals surface area contributed by atoms with E-state index in [9.17, 15) is 9.59 Å². The standard InChI is InChI=1S/C11H16O4/c1-7(10(12)13)8(2)11(14)15-9-5-3-4-6-9/h8-9H,1,3-6H2,2H3,(H,12,13). The number of esters is 1. The van der Waals surface area contributed by atoms with E-state index in [0.29, 0.717) is 0 Å². The lowest BCUT2D eigenvalue weighted by Crippen LogP contribution is -2.24. The predicted octanol–water partition coefficient (Wildman–Crippen LogP) is 1.75. The fourth-order valence-corrected chi connectivity index (χ4v) is 1.60. The minimum Gasteiger partial charge on any atom is -0.478 e. The molecule has 84 valence electrons. The highest BCUT2D eigenvalue weighted by atomic mass is 16.5. The molecule has 4 nitrogen and oxygen atoms in total. The average molecular weight is 212 g/mol. The predicted molar refractivity (Wildman–Crippen MR) is 54.3 cm³/mol. The molecule has 1 rings (SSSR count). The Morgan fingerprint density at radius 3 is 2.40 bits per heavy atom. The van der Waals surface area contributed by atoms with Crippen LogP contribution < -0.4 is 0 Å². The molecule has 0 heterocycles. The number of carbonyl (C=O) groups is 2. The van der Waals surface area contributed by atoms with Gasteiger partial charge < -0.3 is 9.84 Å². The van der Waals surface area contributed by atoms with Crippen molar-refractivity contribution < 1.29 is 19.4 Å². The Hall–Kier alpha value is -1.32. The van der Waals surface area contributed by atoms with Crippen molar-refractivity contribution in [2.45, 2.75) is 38.7 Å². The van der Waals surface area contributed by atoms with Gasteiger partial charge in [-0.2, -0.15) is 0 Å². The van der Waals surface area contributed by atoms with Gasteiger partial charge in [-0.1, -0.05) is 6.58 Å². The molecule has 15 heavy (non-hydrogen) atoms. The van der Waals surface area contributed by atoms with Crippen molar-refractivity contribution in [1.29, 1.82) is 0 Å². The Morgan fingerprint density at radius 2 is 1.93 bits per heavy atom. The van der Waals surface area contributed by atoms with Gasteiger partial charge in [0.2, 0.25) is 0 Å². The molecule has 1 unspecified atom stereocenters. The summed E-state index contributed by atoms with van der Waals surface area (Å²) < 4.78 is 5.18. The van der Waals surface area contributed by atoms with Gasteiger partial charge in [-0.05, 0) is 32.6 Å². The first-order valence-corrected chi connectivity index (χ1v) is 5.15. The second-order valence-electron chi connectivity index (χ2n) is 3.90. The van der Waals surface area contributed by atoms with Crippen LogP contribution in [-0.2, 0) is 14.3 Å². The second kappa shape index (κ2) is 4.96. The first-order chi connectivity index (χ1) is 7.02. The lowest BCUT2D eigenvalue weighted by molar-refractivity contribution is -0.153. The fraction of sp³-hybridized carbons (Fsp3) is 0.636. The van der Waals surface area contributed by atoms with Gasteiger partial charge in [0.05, 0.1) is 5.92 Å². The number of aliphatic carboxylic acids is 1. The molecule has 1 N–H and O–H groups in total. The Balaban J connectivity index is 2.45. The topological polar surface area (TPSA) is 63.6 Å². The minimum absolute atomic E-state index is 0.0263. The van der Waals surface area contributed by atoms with Crippen LogP contribution in [0.1, 0.15) is 32.6 Å². The summed E-state index contributed by atoms with van der Waals surface area (Å²) in [7, 11) is 0. The van der Waals surface area contributed by atoms with Crippen molar-refractivity contribution in [3.05, 3.63) is 12.2 Å². The monoisotopic (exact) mass is 212 g/mol. The van der Waals surface area contributed by atoms with Crippen molar-refractivity contribution in [3.8, 4) is 0 Å². The molecule has 0 amide bonds. The van der Waals surface area contributed by atoms with Gasteiger partial charge in [-0.3, -0.25) is 4.79 Å². The highest BCUT2D eigenvalue weighted by molar-refractivity contribution is 5.93. The molecule has 0 aromatic carbocycles. The quantitative estimate of drug-likeness (QED) is 0.569. The van der Waals surface area contributed by atoms with Crippen LogP contribution in [-0.4, -0.2) is 23.1 Å². The Morgan fingerprint density at radius 1 is 1.40 bits per heavy atom. The number of carboxylic acid groups (broad SMARTS) is 1.